The Morgan fingerprint density at radius 3 is 2.40 bits per heavy atom. The zero-order valence-electron chi connectivity index (χ0n) is 17.9. The number of nitrogens with zero attached hydrogens (tertiary/aromatic N) is 1. The van der Waals surface area contributed by atoms with Gasteiger partial charge in [0.15, 0.2) is 0 Å². The molecule has 0 unspecified atom stereocenters. The summed E-state index contributed by atoms with van der Waals surface area (Å²) in [7, 11) is 5.58. The minimum Gasteiger partial charge on any atom is -0.497 e. The van der Waals surface area contributed by atoms with Crippen LogP contribution >= 0.6 is 0 Å². The summed E-state index contributed by atoms with van der Waals surface area (Å²) in [5.74, 6) is -0.695. The molecule has 7 heteroatoms. The molecule has 3 rings (SSSR count). The number of quaternary nitrogens is 1. The molecule has 1 fully saturated rings. The van der Waals surface area contributed by atoms with E-state index < -0.39 is 11.8 Å². The van der Waals surface area contributed by atoms with E-state index in [1.54, 1.807) is 31.4 Å². The lowest BCUT2D eigenvalue weighted by Gasteiger charge is -2.25. The van der Waals surface area contributed by atoms with Gasteiger partial charge >= 0.3 is 11.8 Å². The van der Waals surface area contributed by atoms with E-state index in [9.17, 15) is 9.59 Å². The third-order valence-electron chi connectivity index (χ3n) is 5.55. The quantitative estimate of drug-likeness (QED) is 0.600. The summed E-state index contributed by atoms with van der Waals surface area (Å²) in [5, 5.41) is 5.46. The number of ether oxygens (including phenoxy) is 1. The number of hydrogen-bond donors (Lipinski definition) is 3. The van der Waals surface area contributed by atoms with Gasteiger partial charge in [-0.15, -0.1) is 0 Å². The van der Waals surface area contributed by atoms with E-state index in [2.05, 4.69) is 39.8 Å². The van der Waals surface area contributed by atoms with Gasteiger partial charge in [-0.3, -0.25) is 9.59 Å². The lowest BCUT2D eigenvalue weighted by atomic mass is 10.0. The van der Waals surface area contributed by atoms with Crippen LogP contribution in [0.4, 0.5) is 11.4 Å². The molecule has 2 aromatic carbocycles. The fourth-order valence-electron chi connectivity index (χ4n) is 3.84. The van der Waals surface area contributed by atoms with Gasteiger partial charge in [-0.05, 0) is 24.3 Å². The molecule has 0 aliphatic carbocycles. The molecule has 0 aromatic heterocycles. The Labute approximate surface area is 178 Å². The highest BCUT2D eigenvalue weighted by atomic mass is 16.5. The largest absolute Gasteiger partial charge is 0.497 e. The summed E-state index contributed by atoms with van der Waals surface area (Å²) in [4.78, 5) is 28.3. The van der Waals surface area contributed by atoms with Crippen LogP contribution in [0.3, 0.4) is 0 Å². The van der Waals surface area contributed by atoms with Crippen LogP contribution < -0.4 is 25.2 Å². The van der Waals surface area contributed by atoms with Crippen LogP contribution in [0.15, 0.2) is 48.5 Å². The summed E-state index contributed by atoms with van der Waals surface area (Å²) < 4.78 is 5.15. The summed E-state index contributed by atoms with van der Waals surface area (Å²) in [6, 6.07) is 15.5. The average molecular weight is 412 g/mol. The van der Waals surface area contributed by atoms with E-state index in [4.69, 9.17) is 4.74 Å². The second-order valence-electron chi connectivity index (χ2n) is 7.80. The van der Waals surface area contributed by atoms with E-state index in [1.165, 1.54) is 23.3 Å². The smallest absolute Gasteiger partial charge is 0.313 e. The van der Waals surface area contributed by atoms with Crippen molar-refractivity contribution in [3.63, 3.8) is 0 Å². The van der Waals surface area contributed by atoms with E-state index in [1.807, 2.05) is 14.1 Å². The van der Waals surface area contributed by atoms with Gasteiger partial charge in [0, 0.05) is 49.9 Å². The van der Waals surface area contributed by atoms with Gasteiger partial charge in [0.2, 0.25) is 0 Å². The number of amides is 2. The maximum Gasteiger partial charge on any atom is 0.313 e. The third-order valence-corrected chi connectivity index (χ3v) is 5.55. The van der Waals surface area contributed by atoms with Crippen molar-refractivity contribution in [2.45, 2.75) is 18.9 Å². The van der Waals surface area contributed by atoms with E-state index in [0.717, 1.165) is 18.8 Å². The van der Waals surface area contributed by atoms with Crippen molar-refractivity contribution in [2.75, 3.05) is 51.1 Å². The Kier molecular flexibility index (Phi) is 7.30. The number of rotatable bonds is 7. The Hall–Kier alpha value is -3.06. The highest BCUT2D eigenvalue weighted by Crippen LogP contribution is 2.18. The van der Waals surface area contributed by atoms with Crippen LogP contribution in [0.1, 0.15) is 24.4 Å². The van der Waals surface area contributed by atoms with Gasteiger partial charge in [0.1, 0.15) is 11.8 Å². The fourth-order valence-corrected chi connectivity index (χ4v) is 3.84. The summed E-state index contributed by atoms with van der Waals surface area (Å²) in [5.41, 5.74) is 2.83. The molecule has 0 bridgehead atoms. The Bertz CT molecular complexity index is 861. The maximum absolute atomic E-state index is 12.4. The molecule has 3 N–H and O–H groups in total. The van der Waals surface area contributed by atoms with Crippen molar-refractivity contribution in [1.82, 2.24) is 5.32 Å². The molecule has 1 aliphatic heterocycles. The number of benzene rings is 2. The standard InChI is InChI=1S/C23H30N4O3/c1-26(2)19-11-9-17(10-12-19)21(27-13-4-5-14-27)16-24-22(28)23(29)25-18-7-6-8-20(15-18)30-3/h6-12,15,21H,4-5,13-14,16H2,1-3H3,(H,24,28)(H,25,29)/p+1/t21-/m0/s1. The van der Waals surface area contributed by atoms with E-state index in [0.29, 0.717) is 18.0 Å². The number of hydrogen-bond acceptors (Lipinski definition) is 4. The van der Waals surface area contributed by atoms with Gasteiger partial charge in [0.25, 0.3) is 0 Å². The van der Waals surface area contributed by atoms with E-state index >= 15 is 0 Å². The van der Waals surface area contributed by atoms with Crippen molar-refractivity contribution in [3.8, 4) is 5.75 Å². The molecule has 7 nitrogen and oxygen atoms in total. The number of methoxy groups -OCH3 is 1. The van der Waals surface area contributed by atoms with Crippen LogP contribution in [0.2, 0.25) is 0 Å². The second kappa shape index (κ2) is 10.1. The first kappa shape index (κ1) is 21.6. The predicted octanol–water partition coefficient (Wildman–Crippen LogP) is 1.24. The molecule has 1 atom stereocenters. The van der Waals surface area contributed by atoms with Gasteiger partial charge in [-0.2, -0.15) is 0 Å². The number of nitrogens with one attached hydrogen (secondary N) is 3. The molecule has 160 valence electrons. The average Bonchev–Trinajstić information content (AvgIpc) is 3.28. The van der Waals surface area contributed by atoms with Gasteiger partial charge in [-0.1, -0.05) is 18.2 Å². The molecule has 30 heavy (non-hydrogen) atoms. The Morgan fingerprint density at radius 1 is 1.07 bits per heavy atom. The second-order valence-corrected chi connectivity index (χ2v) is 7.80. The number of carbonyl (C=O) groups excluding carboxylic acids is 2. The van der Waals surface area contributed by atoms with Crippen LogP contribution in [-0.2, 0) is 9.59 Å². The highest BCUT2D eigenvalue weighted by Gasteiger charge is 2.28. The number of anilines is 2. The van der Waals surface area contributed by atoms with Crippen molar-refractivity contribution >= 4 is 23.2 Å². The fraction of sp³-hybridized carbons (Fsp3) is 0.391. The van der Waals surface area contributed by atoms with Gasteiger partial charge < -0.3 is 25.2 Å². The predicted molar refractivity (Wildman–Crippen MR) is 118 cm³/mol. The first-order chi connectivity index (χ1) is 14.5. The van der Waals surface area contributed by atoms with E-state index in [-0.39, 0.29) is 6.04 Å². The van der Waals surface area contributed by atoms with Gasteiger partial charge in [0.05, 0.1) is 26.7 Å². The minimum absolute atomic E-state index is 0.122. The molecule has 1 aliphatic rings. The molecule has 1 heterocycles. The van der Waals surface area contributed by atoms with Crippen molar-refractivity contribution in [2.24, 2.45) is 0 Å². The number of likely N-dealkylation sites (tertiary alicyclic amines) is 1. The third kappa shape index (κ3) is 5.51. The Balaban J connectivity index is 1.64. The van der Waals surface area contributed by atoms with Crippen molar-refractivity contribution < 1.29 is 19.2 Å². The lowest BCUT2D eigenvalue weighted by molar-refractivity contribution is -0.918. The van der Waals surface area contributed by atoms with Gasteiger partial charge in [-0.25, -0.2) is 0 Å². The summed E-state index contributed by atoms with van der Waals surface area (Å²) >= 11 is 0. The summed E-state index contributed by atoms with van der Waals surface area (Å²) in [6.45, 7) is 2.57. The lowest BCUT2D eigenvalue weighted by Crippen LogP contribution is -3.11. The Morgan fingerprint density at radius 2 is 1.77 bits per heavy atom. The van der Waals surface area contributed by atoms with Crippen LogP contribution in [0.25, 0.3) is 0 Å². The molecule has 1 saturated heterocycles. The molecular weight excluding hydrogens is 380 g/mol. The topological polar surface area (TPSA) is 75.1 Å². The molecule has 0 radical (unpaired) electrons. The van der Waals surface area contributed by atoms with Crippen LogP contribution in [0, 0.1) is 0 Å². The number of carbonyl (C=O) groups is 2. The zero-order valence-corrected chi connectivity index (χ0v) is 17.9. The normalized spacial score (nSPS) is 14.8. The molecular formula is C23H31N4O3+. The van der Waals surface area contributed by atoms with Crippen molar-refractivity contribution in [1.29, 1.82) is 0 Å². The first-order valence-electron chi connectivity index (χ1n) is 10.3. The highest BCUT2D eigenvalue weighted by molar-refractivity contribution is 6.39. The van der Waals surface area contributed by atoms with Crippen LogP contribution in [0.5, 0.6) is 5.75 Å². The monoisotopic (exact) mass is 411 g/mol. The first-order valence-corrected chi connectivity index (χ1v) is 10.3. The molecule has 0 saturated carbocycles. The van der Waals surface area contributed by atoms with Crippen molar-refractivity contribution in [3.05, 3.63) is 54.1 Å². The SMILES string of the molecule is COc1cccc(NC(=O)C(=O)NC[C@@H](c2ccc(N(C)C)cc2)[NH+]2CCCC2)c1. The maximum atomic E-state index is 12.4. The summed E-state index contributed by atoms with van der Waals surface area (Å²) in [6.07, 6.45) is 2.37. The molecule has 2 aromatic rings. The minimum atomic E-state index is -0.679. The van der Waals surface area contributed by atoms with Crippen LogP contribution in [-0.4, -0.2) is 52.7 Å². The molecule has 2 amide bonds. The zero-order chi connectivity index (χ0) is 21.5. The molecule has 0 spiro atoms.